The molecule has 2 rings (SSSR count). The average Bonchev–Trinajstić information content (AvgIpc) is 2.69. The lowest BCUT2D eigenvalue weighted by Gasteiger charge is -2.42. The van der Waals surface area contributed by atoms with Crippen molar-refractivity contribution < 1.29 is 48.0 Å². The minimum atomic E-state index is -1.41. The van der Waals surface area contributed by atoms with Crippen LogP contribution < -0.4 is 0 Å². The van der Waals surface area contributed by atoms with Crippen LogP contribution in [-0.2, 0) is 42.9 Å². The first-order valence-corrected chi connectivity index (χ1v) is 10.2. The van der Waals surface area contributed by atoms with Gasteiger partial charge in [0.1, 0.15) is 18.5 Å². The molecular formula is C21H24ClNO10. The van der Waals surface area contributed by atoms with Gasteiger partial charge in [-0.05, 0) is 18.2 Å². The molecule has 180 valence electrons. The average molecular weight is 486 g/mol. The van der Waals surface area contributed by atoms with E-state index in [1.165, 1.54) is 31.3 Å². The number of esters is 4. The van der Waals surface area contributed by atoms with Gasteiger partial charge >= 0.3 is 23.9 Å². The number of rotatable bonds is 7. The van der Waals surface area contributed by atoms with Crippen molar-refractivity contribution in [3.63, 3.8) is 0 Å². The maximum Gasteiger partial charge on any atom is 0.305 e. The van der Waals surface area contributed by atoms with E-state index in [2.05, 4.69) is 4.99 Å². The van der Waals surface area contributed by atoms with Crippen molar-refractivity contribution in [1.29, 1.82) is 0 Å². The number of carbonyl (C=O) groups is 4. The number of hydrogen-bond donors (Lipinski definition) is 1. The Balaban J connectivity index is 2.51. The number of nitrogens with zero attached hydrogens (tertiary/aromatic N) is 1. The van der Waals surface area contributed by atoms with Crippen LogP contribution in [0.4, 0.5) is 0 Å². The van der Waals surface area contributed by atoms with Crippen molar-refractivity contribution in [1.82, 2.24) is 0 Å². The van der Waals surface area contributed by atoms with Crippen molar-refractivity contribution in [2.75, 3.05) is 6.61 Å². The minimum Gasteiger partial charge on any atom is -0.507 e. The number of aromatic hydroxyl groups is 1. The topological polar surface area (TPSA) is 147 Å². The van der Waals surface area contributed by atoms with Gasteiger partial charge in [0, 0.05) is 44.5 Å². The van der Waals surface area contributed by atoms with E-state index in [0.29, 0.717) is 5.02 Å². The summed E-state index contributed by atoms with van der Waals surface area (Å²) in [5, 5.41) is 10.4. The molecule has 0 unspecified atom stereocenters. The lowest BCUT2D eigenvalue weighted by Crippen LogP contribution is -2.61. The minimum absolute atomic E-state index is 0.141. The Bertz CT molecular complexity index is 934. The Labute approximate surface area is 194 Å². The molecule has 0 aromatic heterocycles. The molecule has 1 aromatic carbocycles. The third kappa shape index (κ3) is 7.72. The Morgan fingerprint density at radius 3 is 2.18 bits per heavy atom. The SMILES string of the molecule is CC(=O)OC[C@H]1O[C@H](OC(C)=O)[C@H](N=Cc2cc(Cl)ccc2O)[C@@H](OC(C)=O)[C@@H]1OC(C)=O. The summed E-state index contributed by atoms with van der Waals surface area (Å²) in [6.45, 7) is 4.18. The van der Waals surface area contributed by atoms with E-state index in [4.69, 9.17) is 35.3 Å². The molecule has 33 heavy (non-hydrogen) atoms. The van der Waals surface area contributed by atoms with Crippen LogP contribution in [0.1, 0.15) is 33.3 Å². The predicted molar refractivity (Wildman–Crippen MR) is 113 cm³/mol. The van der Waals surface area contributed by atoms with Crippen LogP contribution in [-0.4, -0.2) is 72.4 Å². The standard InChI is InChI=1S/C21H24ClNO10/c1-10(24)29-9-17-19(30-11(2)25)20(31-12(3)26)18(21(33-17)32-13(4)27)23-8-14-7-15(22)5-6-16(14)28/h5-8,17-21,28H,9H2,1-4H3/t17-,18-,19-,20-,21+/m1/s1. The highest BCUT2D eigenvalue weighted by Crippen LogP contribution is 2.30. The van der Waals surface area contributed by atoms with Crippen molar-refractivity contribution in [2.24, 2.45) is 4.99 Å². The molecule has 1 heterocycles. The Morgan fingerprint density at radius 2 is 1.61 bits per heavy atom. The molecule has 0 saturated carbocycles. The van der Waals surface area contributed by atoms with E-state index in [0.717, 1.165) is 20.8 Å². The van der Waals surface area contributed by atoms with Gasteiger partial charge in [-0.15, -0.1) is 0 Å². The summed E-state index contributed by atoms with van der Waals surface area (Å²) in [6, 6.07) is 3.04. The normalized spacial score (nSPS) is 24.7. The third-order valence-corrected chi connectivity index (χ3v) is 4.56. The molecule has 1 aliphatic rings. The van der Waals surface area contributed by atoms with Crippen LogP contribution in [0.2, 0.25) is 5.02 Å². The summed E-state index contributed by atoms with van der Waals surface area (Å²) < 4.78 is 26.6. The highest BCUT2D eigenvalue weighted by Gasteiger charge is 2.51. The molecule has 5 atom stereocenters. The Kier molecular flexibility index (Phi) is 9.18. The van der Waals surface area contributed by atoms with E-state index in [9.17, 15) is 24.3 Å². The zero-order valence-corrected chi connectivity index (χ0v) is 19.1. The number of aliphatic imine (C=N–C) groups is 1. The summed E-state index contributed by atoms with van der Waals surface area (Å²) >= 11 is 5.96. The fourth-order valence-electron chi connectivity index (χ4n) is 3.10. The number of phenolic OH excluding ortho intramolecular Hbond substituents is 1. The van der Waals surface area contributed by atoms with Gasteiger partial charge in [-0.1, -0.05) is 11.6 Å². The third-order valence-electron chi connectivity index (χ3n) is 4.33. The number of phenols is 1. The number of benzene rings is 1. The van der Waals surface area contributed by atoms with Gasteiger partial charge in [0.15, 0.2) is 18.2 Å². The van der Waals surface area contributed by atoms with Crippen molar-refractivity contribution in [3.8, 4) is 5.75 Å². The summed E-state index contributed by atoms with van der Waals surface area (Å²) in [4.78, 5) is 50.9. The van der Waals surface area contributed by atoms with Gasteiger partial charge in [-0.2, -0.15) is 0 Å². The lowest BCUT2D eigenvalue weighted by molar-refractivity contribution is -0.266. The molecule has 0 radical (unpaired) electrons. The number of ether oxygens (including phenoxy) is 5. The smallest absolute Gasteiger partial charge is 0.305 e. The van der Waals surface area contributed by atoms with Crippen molar-refractivity contribution in [2.45, 2.75) is 58.3 Å². The van der Waals surface area contributed by atoms with Crippen molar-refractivity contribution in [3.05, 3.63) is 28.8 Å². The second kappa shape index (κ2) is 11.6. The van der Waals surface area contributed by atoms with Crippen LogP contribution in [0.5, 0.6) is 5.75 Å². The van der Waals surface area contributed by atoms with Crippen LogP contribution in [0, 0.1) is 0 Å². The molecule has 0 amide bonds. The molecule has 11 nitrogen and oxygen atoms in total. The maximum atomic E-state index is 11.9. The predicted octanol–water partition coefficient (Wildman–Crippen LogP) is 1.55. The number of carbonyl (C=O) groups excluding carboxylic acids is 4. The second-order valence-electron chi connectivity index (χ2n) is 7.07. The van der Waals surface area contributed by atoms with E-state index < -0.39 is 54.5 Å². The van der Waals surface area contributed by atoms with Crippen LogP contribution in [0.3, 0.4) is 0 Å². The first kappa shape index (κ1) is 26.1. The van der Waals surface area contributed by atoms with E-state index in [-0.39, 0.29) is 17.9 Å². The molecule has 1 N–H and O–H groups in total. The molecule has 1 aromatic rings. The molecule has 0 aliphatic carbocycles. The fourth-order valence-corrected chi connectivity index (χ4v) is 3.28. The first-order chi connectivity index (χ1) is 15.5. The fraction of sp³-hybridized carbons (Fsp3) is 0.476. The van der Waals surface area contributed by atoms with Gasteiger partial charge < -0.3 is 28.8 Å². The van der Waals surface area contributed by atoms with Crippen LogP contribution in [0.15, 0.2) is 23.2 Å². The lowest BCUT2D eigenvalue weighted by atomic mass is 9.96. The van der Waals surface area contributed by atoms with Gasteiger partial charge in [-0.3, -0.25) is 24.2 Å². The summed E-state index contributed by atoms with van der Waals surface area (Å²) in [5.74, 6) is -2.97. The zero-order valence-electron chi connectivity index (χ0n) is 18.3. The second-order valence-corrected chi connectivity index (χ2v) is 7.51. The van der Waals surface area contributed by atoms with Gasteiger partial charge in [-0.25, -0.2) is 0 Å². The van der Waals surface area contributed by atoms with Gasteiger partial charge in [0.05, 0.1) is 0 Å². The highest BCUT2D eigenvalue weighted by molar-refractivity contribution is 6.30. The molecule has 12 heteroatoms. The van der Waals surface area contributed by atoms with E-state index in [1.54, 1.807) is 0 Å². The molecule has 1 saturated heterocycles. The molecule has 1 aliphatic heterocycles. The van der Waals surface area contributed by atoms with Crippen molar-refractivity contribution >= 4 is 41.7 Å². The first-order valence-electron chi connectivity index (χ1n) is 9.80. The number of halogens is 1. The van der Waals surface area contributed by atoms with Gasteiger partial charge in [0.2, 0.25) is 6.29 Å². The molecular weight excluding hydrogens is 462 g/mol. The maximum absolute atomic E-state index is 11.9. The van der Waals surface area contributed by atoms with Crippen LogP contribution >= 0.6 is 11.6 Å². The monoisotopic (exact) mass is 485 g/mol. The highest BCUT2D eigenvalue weighted by atomic mass is 35.5. The summed E-state index contributed by atoms with van der Waals surface area (Å²) in [7, 11) is 0. The summed E-state index contributed by atoms with van der Waals surface area (Å²) in [6.07, 6.45) is -3.87. The van der Waals surface area contributed by atoms with E-state index in [1.807, 2.05) is 0 Å². The van der Waals surface area contributed by atoms with Crippen LogP contribution in [0.25, 0.3) is 0 Å². The summed E-state index contributed by atoms with van der Waals surface area (Å²) in [5.41, 5.74) is 0.219. The zero-order chi connectivity index (χ0) is 24.7. The quantitative estimate of drug-likeness (QED) is 0.342. The van der Waals surface area contributed by atoms with Gasteiger partial charge in [0.25, 0.3) is 0 Å². The Morgan fingerprint density at radius 1 is 1.00 bits per heavy atom. The number of hydrogen-bond acceptors (Lipinski definition) is 11. The molecule has 0 bridgehead atoms. The van der Waals surface area contributed by atoms with E-state index >= 15 is 0 Å². The molecule has 1 fully saturated rings. The molecule has 0 spiro atoms. The largest absolute Gasteiger partial charge is 0.507 e. The Hall–Kier alpha value is -3.18.